The van der Waals surface area contributed by atoms with E-state index >= 15 is 0 Å². The third kappa shape index (κ3) is 10.8. The number of carbonyl (C=O) groups excluding carboxylic acids is 1. The predicted octanol–water partition coefficient (Wildman–Crippen LogP) is 1.37. The smallest absolute Gasteiger partial charge is 0.331 e. The zero-order valence-corrected chi connectivity index (χ0v) is 46.9. The fourth-order valence-electron chi connectivity index (χ4n) is 15.6. The number of aliphatic hydroxyl groups excluding tert-OH is 6. The Morgan fingerprint density at radius 3 is 1.91 bits per heavy atom. The van der Waals surface area contributed by atoms with E-state index < -0.39 is 169 Å². The quantitative estimate of drug-likeness (QED) is 0.0641. The number of rotatable bonds is 16. The summed E-state index contributed by atoms with van der Waals surface area (Å²) in [6, 6.07) is 9.31. The van der Waals surface area contributed by atoms with Crippen LogP contribution in [0.1, 0.15) is 111 Å². The van der Waals surface area contributed by atoms with E-state index in [1.165, 1.54) is 27.2 Å². The first kappa shape index (κ1) is 61.2. The van der Waals surface area contributed by atoms with E-state index in [4.69, 9.17) is 56.8 Å². The third-order valence-corrected chi connectivity index (χ3v) is 20.3. The van der Waals surface area contributed by atoms with Gasteiger partial charge < -0.3 is 103 Å². The summed E-state index contributed by atoms with van der Waals surface area (Å²) in [5.74, 6) is -1.10. The van der Waals surface area contributed by atoms with Gasteiger partial charge in [-0.25, -0.2) is 4.79 Å². The summed E-state index contributed by atoms with van der Waals surface area (Å²) >= 11 is 0. The zero-order chi connectivity index (χ0) is 57.1. The fourth-order valence-corrected chi connectivity index (χ4v) is 15.6. The summed E-state index contributed by atoms with van der Waals surface area (Å²) in [5, 5.41) is 102. The summed E-state index contributed by atoms with van der Waals surface area (Å²) in [5.41, 5.74) is -6.71. The maximum absolute atomic E-state index is 13.7. The second-order valence-corrected chi connectivity index (χ2v) is 24.3. The third-order valence-electron chi connectivity index (χ3n) is 20.3. The molecule has 28 atom stereocenters. The maximum Gasteiger partial charge on any atom is 0.331 e. The van der Waals surface area contributed by atoms with Crippen LogP contribution in [-0.4, -0.2) is 226 Å². The second-order valence-electron chi connectivity index (χ2n) is 24.3. The molecule has 4 aliphatic carbocycles. The number of methoxy groups -OCH3 is 3. The number of fused-ring (bicyclic) bond motifs is 5. The van der Waals surface area contributed by atoms with E-state index in [0.29, 0.717) is 32.1 Å². The molecule has 4 heterocycles. The first-order valence-electron chi connectivity index (χ1n) is 28.4. The molecule has 0 amide bonds. The molecule has 0 spiro atoms. The van der Waals surface area contributed by atoms with Crippen molar-refractivity contribution in [2.75, 3.05) is 27.9 Å². The highest BCUT2D eigenvalue weighted by Crippen LogP contribution is 2.72. The van der Waals surface area contributed by atoms with Crippen LogP contribution in [0.2, 0.25) is 0 Å². The molecule has 8 fully saturated rings. The Kier molecular flexibility index (Phi) is 18.6. The first-order valence-corrected chi connectivity index (χ1v) is 28.4. The molecule has 4 saturated carbocycles. The Balaban J connectivity index is 0.807. The Morgan fingerprint density at radius 2 is 1.29 bits per heavy atom. The van der Waals surface area contributed by atoms with Gasteiger partial charge in [-0.1, -0.05) is 44.2 Å². The Morgan fingerprint density at radius 1 is 0.684 bits per heavy atom. The SMILES string of the molecule is CO[C@H]1[C@@H](O)[C@H](O[C@@H]2[C@@H](C)O[C@@H](O[C@H]3[C@@H](OC)C[C@H](O[C@@H]4CC[C@]5(C)[C@H](CC[C@]6(O)[C@@H]5C[C@@H](OC(=O)/C=C/c5ccccc5)[C@@]5(C)[C@]6(O)CC[C@@]5(O)[C@H](C)O)C4)O[C@@H]3C)C[C@H]2OC)O[C@H](C)[C@H]1O[C@@H]1O[C@H](CO)[C@@H](O)[C@H](O)[C@H]1O. The van der Waals surface area contributed by atoms with Crippen molar-refractivity contribution in [1.82, 2.24) is 0 Å². The number of esters is 1. The summed E-state index contributed by atoms with van der Waals surface area (Å²) in [4.78, 5) is 13.7. The highest BCUT2D eigenvalue weighted by molar-refractivity contribution is 5.87. The van der Waals surface area contributed by atoms with Gasteiger partial charge in [0, 0.05) is 40.2 Å². The van der Waals surface area contributed by atoms with Crippen LogP contribution in [0.5, 0.6) is 0 Å². The number of hydrogen-bond acceptors (Lipinski definition) is 22. The van der Waals surface area contributed by atoms with Crippen LogP contribution in [0.25, 0.3) is 6.08 Å². The van der Waals surface area contributed by atoms with Gasteiger partial charge in [-0.15, -0.1) is 0 Å². The largest absolute Gasteiger partial charge is 0.458 e. The van der Waals surface area contributed by atoms with Crippen molar-refractivity contribution in [3.63, 3.8) is 0 Å². The average Bonchev–Trinajstić information content (AvgIpc) is 3.24. The summed E-state index contributed by atoms with van der Waals surface area (Å²) < 4.78 is 74.3. The molecule has 448 valence electrons. The Bertz CT molecular complexity index is 2230. The minimum absolute atomic E-state index is 0.0142. The maximum atomic E-state index is 13.7. The predicted molar refractivity (Wildman–Crippen MR) is 276 cm³/mol. The highest BCUT2D eigenvalue weighted by atomic mass is 16.8. The van der Waals surface area contributed by atoms with E-state index in [2.05, 4.69) is 6.92 Å². The monoisotopic (exact) mass is 1120 g/mol. The van der Waals surface area contributed by atoms with Gasteiger partial charge in [0.25, 0.3) is 0 Å². The van der Waals surface area contributed by atoms with Crippen LogP contribution >= 0.6 is 0 Å². The zero-order valence-electron chi connectivity index (χ0n) is 46.9. The van der Waals surface area contributed by atoms with Crippen molar-refractivity contribution < 1.29 is 108 Å². The number of aliphatic hydroxyl groups is 9. The van der Waals surface area contributed by atoms with Gasteiger partial charge >= 0.3 is 5.97 Å². The van der Waals surface area contributed by atoms with Gasteiger partial charge in [0.05, 0.1) is 60.4 Å². The minimum Gasteiger partial charge on any atom is -0.458 e. The van der Waals surface area contributed by atoms with E-state index in [0.717, 1.165) is 5.56 Å². The molecule has 9 rings (SSSR count). The van der Waals surface area contributed by atoms with Gasteiger partial charge in [0.15, 0.2) is 25.2 Å². The van der Waals surface area contributed by atoms with E-state index in [1.807, 2.05) is 37.3 Å². The summed E-state index contributed by atoms with van der Waals surface area (Å²) in [6.45, 7) is 9.99. The van der Waals surface area contributed by atoms with Gasteiger partial charge in [-0.3, -0.25) is 0 Å². The molecule has 0 unspecified atom stereocenters. The molecule has 22 heteroatoms. The van der Waals surface area contributed by atoms with Crippen molar-refractivity contribution in [3.8, 4) is 0 Å². The number of hydrogen-bond donors (Lipinski definition) is 9. The van der Waals surface area contributed by atoms with Crippen molar-refractivity contribution in [2.45, 2.75) is 251 Å². The Labute approximate surface area is 462 Å². The van der Waals surface area contributed by atoms with Crippen molar-refractivity contribution >= 4 is 12.0 Å². The van der Waals surface area contributed by atoms with Gasteiger partial charge in [0.1, 0.15) is 72.2 Å². The molecule has 1 aromatic carbocycles. The van der Waals surface area contributed by atoms with Crippen LogP contribution in [0, 0.1) is 22.7 Å². The van der Waals surface area contributed by atoms with Gasteiger partial charge in [-0.05, 0) is 108 Å². The molecule has 9 N–H and O–H groups in total. The van der Waals surface area contributed by atoms with Crippen LogP contribution in [0.4, 0.5) is 0 Å². The molecule has 22 nitrogen and oxygen atoms in total. The fraction of sp³-hybridized carbons (Fsp3) is 0.842. The molecule has 0 bridgehead atoms. The average molecular weight is 1130 g/mol. The molecule has 79 heavy (non-hydrogen) atoms. The summed E-state index contributed by atoms with van der Waals surface area (Å²) in [6.07, 6.45) is -14.2. The number of benzene rings is 1. The molecular formula is C57H88O22. The number of carbonyl (C=O) groups is 1. The van der Waals surface area contributed by atoms with Crippen LogP contribution in [0.15, 0.2) is 36.4 Å². The molecular weight excluding hydrogens is 1040 g/mol. The van der Waals surface area contributed by atoms with E-state index in [-0.39, 0.29) is 44.1 Å². The van der Waals surface area contributed by atoms with Crippen LogP contribution < -0.4 is 0 Å². The van der Waals surface area contributed by atoms with Gasteiger partial charge in [0.2, 0.25) is 0 Å². The molecule has 4 aliphatic heterocycles. The van der Waals surface area contributed by atoms with Crippen LogP contribution in [-0.2, 0) is 61.6 Å². The Hall–Kier alpha value is -2.37. The van der Waals surface area contributed by atoms with Crippen molar-refractivity contribution in [2.24, 2.45) is 22.7 Å². The van der Waals surface area contributed by atoms with Crippen molar-refractivity contribution in [1.29, 1.82) is 0 Å². The molecule has 8 aliphatic rings. The van der Waals surface area contributed by atoms with Crippen LogP contribution in [0.3, 0.4) is 0 Å². The summed E-state index contributed by atoms with van der Waals surface area (Å²) in [7, 11) is 4.51. The second kappa shape index (κ2) is 23.9. The standard InChI is InChI=1S/C57H88O22/c1-28-47(77-42-25-36(69-8)48(29(2)72-42)78-52-46(64)50(70-9)49(30(3)73-52)79-51-45(63)44(62)43(61)37(27-58)75-51)35(68-7)24-41(71-28)74-34-18-19-53(5)33(23-34)17-20-56(66)38(53)26-39(76-40(60)16-15-32-13-11-10-12-14-32)54(6)55(65,31(4)59)21-22-57(54,56)67/h10-16,28-31,33-39,41-52,58-59,61-67H,17-27H2,1-9H3/b16-15+/t28-,29-,30-,31+,33-,34-,35+,36-,37-,38-,39-,41+,42+,43-,44+,45-,46-,47-,48-,49-,50+,51+,52+,53-,54-,55-,56+,57-/m1/s1. The first-order chi connectivity index (χ1) is 37.4. The van der Waals surface area contributed by atoms with E-state index in [1.54, 1.807) is 34.0 Å². The topological polar surface area (TPSA) is 310 Å². The lowest BCUT2D eigenvalue weighted by Crippen LogP contribution is -2.79. The number of ether oxygens (including phenoxy) is 12. The minimum atomic E-state index is -1.89. The molecule has 1 aromatic rings. The van der Waals surface area contributed by atoms with E-state index in [9.17, 15) is 50.8 Å². The molecule has 4 saturated heterocycles. The lowest BCUT2D eigenvalue weighted by molar-refractivity contribution is -0.373. The molecule has 0 radical (unpaired) electrons. The lowest BCUT2D eigenvalue weighted by atomic mass is 9.40. The normalized spacial score (nSPS) is 50.6. The molecule has 0 aromatic heterocycles. The highest BCUT2D eigenvalue weighted by Gasteiger charge is 2.81. The lowest BCUT2D eigenvalue weighted by Gasteiger charge is -2.69. The van der Waals surface area contributed by atoms with Crippen molar-refractivity contribution in [3.05, 3.63) is 42.0 Å². The van der Waals surface area contributed by atoms with Gasteiger partial charge in [-0.2, -0.15) is 0 Å².